The minimum Gasteiger partial charge on any atom is -0.506 e. The number of H-pyrrole nitrogens is 1. The third-order valence-corrected chi connectivity index (χ3v) is 6.62. The number of alkyl halides is 3. The summed E-state index contributed by atoms with van der Waals surface area (Å²) < 4.78 is 43.0. The molecule has 5 rings (SSSR count). The second kappa shape index (κ2) is 6.32. The molecule has 4 aromatic rings. The molecule has 29 heavy (non-hydrogen) atoms. The van der Waals surface area contributed by atoms with E-state index in [0.29, 0.717) is 12.1 Å². The first-order valence-corrected chi connectivity index (χ1v) is 9.97. The second-order valence-corrected chi connectivity index (χ2v) is 8.26. The van der Waals surface area contributed by atoms with Crippen molar-refractivity contribution in [3.63, 3.8) is 0 Å². The van der Waals surface area contributed by atoms with Gasteiger partial charge in [-0.05, 0) is 36.3 Å². The van der Waals surface area contributed by atoms with Crippen molar-refractivity contribution >= 4 is 31.8 Å². The normalized spacial score (nSPS) is 17.0. The predicted octanol–water partition coefficient (Wildman–Crippen LogP) is 5.13. The molecular formula is C21H15F3N2O2S. The quantitative estimate of drug-likeness (QED) is 0.452. The summed E-state index contributed by atoms with van der Waals surface area (Å²) in [4.78, 5) is 19.0. The fourth-order valence-electron chi connectivity index (χ4n) is 4.27. The number of rotatable bonds is 1. The number of benzene rings is 1. The number of pyridine rings is 2. The standard InChI is InChI=1S/C21H15F3N2O2S/c22-21(23,24)17-12-8-11(10-4-2-1-3-5-10)6-7-13(12)25-20-16(17)18-19(29-20)14(27)9-15(28)26-18/h1-5,9,11H,6-8H2,(H2,26,27,28)/t11-/m0/s1. The van der Waals surface area contributed by atoms with Crippen LogP contribution in [0.4, 0.5) is 13.2 Å². The summed E-state index contributed by atoms with van der Waals surface area (Å²) in [7, 11) is 0. The molecular weight excluding hydrogens is 401 g/mol. The Morgan fingerprint density at radius 3 is 2.69 bits per heavy atom. The molecule has 1 aliphatic carbocycles. The fraction of sp³-hybridized carbons (Fsp3) is 0.238. The molecule has 3 aromatic heterocycles. The molecule has 1 aromatic carbocycles. The molecule has 1 atom stereocenters. The van der Waals surface area contributed by atoms with Crippen LogP contribution in [0.2, 0.25) is 0 Å². The van der Waals surface area contributed by atoms with Gasteiger partial charge in [0.15, 0.2) is 0 Å². The number of aromatic nitrogens is 2. The molecule has 0 unspecified atom stereocenters. The maximum absolute atomic E-state index is 14.3. The molecule has 1 aliphatic rings. The Morgan fingerprint density at radius 2 is 1.97 bits per heavy atom. The minimum absolute atomic E-state index is 0.000500. The van der Waals surface area contributed by atoms with E-state index in [0.717, 1.165) is 29.4 Å². The van der Waals surface area contributed by atoms with Crippen LogP contribution in [-0.2, 0) is 19.0 Å². The third-order valence-electron chi connectivity index (χ3n) is 5.51. The molecule has 0 aliphatic heterocycles. The first kappa shape index (κ1) is 18.2. The SMILES string of the molecule is O=c1cc(O)c2sc3nc4c(c(C(F)(F)F)c3c2[nH]1)C[C@@H](c1ccccc1)CC4. The average molecular weight is 416 g/mol. The van der Waals surface area contributed by atoms with Gasteiger partial charge in [-0.2, -0.15) is 13.2 Å². The second-order valence-electron chi connectivity index (χ2n) is 7.27. The van der Waals surface area contributed by atoms with Crippen molar-refractivity contribution in [1.82, 2.24) is 9.97 Å². The van der Waals surface area contributed by atoms with Gasteiger partial charge in [-0.1, -0.05) is 30.3 Å². The van der Waals surface area contributed by atoms with Gasteiger partial charge in [0.25, 0.3) is 5.56 Å². The summed E-state index contributed by atoms with van der Waals surface area (Å²) >= 11 is 0.966. The molecule has 0 saturated carbocycles. The van der Waals surface area contributed by atoms with E-state index in [1.54, 1.807) is 0 Å². The van der Waals surface area contributed by atoms with E-state index in [1.165, 1.54) is 0 Å². The summed E-state index contributed by atoms with van der Waals surface area (Å²) in [6, 6.07) is 10.5. The van der Waals surface area contributed by atoms with Crippen molar-refractivity contribution in [3.05, 3.63) is 69.1 Å². The molecule has 0 radical (unpaired) electrons. The van der Waals surface area contributed by atoms with Crippen LogP contribution in [0.1, 0.15) is 34.7 Å². The smallest absolute Gasteiger partial charge is 0.417 e. The van der Waals surface area contributed by atoms with Gasteiger partial charge in [0, 0.05) is 17.1 Å². The van der Waals surface area contributed by atoms with E-state index < -0.39 is 17.3 Å². The molecule has 0 amide bonds. The first-order valence-electron chi connectivity index (χ1n) is 9.15. The van der Waals surface area contributed by atoms with E-state index in [1.807, 2.05) is 30.3 Å². The number of aromatic amines is 1. The number of hydrogen-bond acceptors (Lipinski definition) is 4. The zero-order valence-corrected chi connectivity index (χ0v) is 15.8. The van der Waals surface area contributed by atoms with Crippen LogP contribution in [0.3, 0.4) is 0 Å². The summed E-state index contributed by atoms with van der Waals surface area (Å²) in [6.45, 7) is 0. The lowest BCUT2D eigenvalue weighted by molar-refractivity contribution is -0.137. The molecule has 4 nitrogen and oxygen atoms in total. The van der Waals surface area contributed by atoms with Crippen molar-refractivity contribution in [2.24, 2.45) is 0 Å². The Balaban J connectivity index is 1.82. The van der Waals surface area contributed by atoms with Gasteiger partial charge in [-0.3, -0.25) is 4.79 Å². The van der Waals surface area contributed by atoms with Crippen molar-refractivity contribution < 1.29 is 18.3 Å². The monoisotopic (exact) mass is 416 g/mol. The fourth-order valence-corrected chi connectivity index (χ4v) is 5.35. The Morgan fingerprint density at radius 1 is 1.21 bits per heavy atom. The van der Waals surface area contributed by atoms with Crippen LogP contribution in [0, 0.1) is 0 Å². The third kappa shape index (κ3) is 2.90. The highest BCUT2D eigenvalue weighted by molar-refractivity contribution is 7.25. The largest absolute Gasteiger partial charge is 0.506 e. The topological polar surface area (TPSA) is 66.0 Å². The van der Waals surface area contributed by atoms with Crippen molar-refractivity contribution in [2.45, 2.75) is 31.4 Å². The van der Waals surface area contributed by atoms with Crippen LogP contribution in [-0.4, -0.2) is 15.1 Å². The maximum Gasteiger partial charge on any atom is 0.417 e. The van der Waals surface area contributed by atoms with E-state index >= 15 is 0 Å². The van der Waals surface area contributed by atoms with Crippen molar-refractivity contribution in [1.29, 1.82) is 0 Å². The Kier molecular flexibility index (Phi) is 3.96. The van der Waals surface area contributed by atoms with Crippen molar-refractivity contribution in [3.8, 4) is 5.75 Å². The van der Waals surface area contributed by atoms with Crippen LogP contribution in [0.5, 0.6) is 5.75 Å². The number of aryl methyl sites for hydroxylation is 1. The molecule has 0 spiro atoms. The highest BCUT2D eigenvalue weighted by Gasteiger charge is 2.40. The lowest BCUT2D eigenvalue weighted by Gasteiger charge is -2.27. The predicted molar refractivity (Wildman–Crippen MR) is 106 cm³/mol. The van der Waals surface area contributed by atoms with Gasteiger partial charge in [-0.15, -0.1) is 11.3 Å². The van der Waals surface area contributed by atoms with E-state index in [4.69, 9.17) is 0 Å². The van der Waals surface area contributed by atoms with Gasteiger partial charge in [-0.25, -0.2) is 4.98 Å². The van der Waals surface area contributed by atoms with Crippen LogP contribution in [0.15, 0.2) is 41.2 Å². The Labute approximate surface area is 166 Å². The highest BCUT2D eigenvalue weighted by atomic mass is 32.1. The molecule has 148 valence electrons. The summed E-state index contributed by atoms with van der Waals surface area (Å²) in [6.07, 6.45) is -3.21. The molecule has 0 bridgehead atoms. The number of halogens is 3. The number of nitrogens with one attached hydrogen (secondary N) is 1. The highest BCUT2D eigenvalue weighted by Crippen LogP contribution is 2.47. The van der Waals surface area contributed by atoms with Crippen LogP contribution in [0.25, 0.3) is 20.4 Å². The van der Waals surface area contributed by atoms with Gasteiger partial charge in [0.05, 0.1) is 15.8 Å². The summed E-state index contributed by atoms with van der Waals surface area (Å²) in [5.41, 5.74) is 0.250. The molecule has 0 fully saturated rings. The van der Waals surface area contributed by atoms with Gasteiger partial charge in [0.1, 0.15) is 10.6 Å². The lowest BCUT2D eigenvalue weighted by Crippen LogP contribution is -2.20. The zero-order valence-electron chi connectivity index (χ0n) is 15.0. The summed E-state index contributed by atoms with van der Waals surface area (Å²) in [5, 5.41) is 9.96. The van der Waals surface area contributed by atoms with Gasteiger partial charge < -0.3 is 10.1 Å². The number of aromatic hydroxyl groups is 1. The molecule has 2 N–H and O–H groups in total. The maximum atomic E-state index is 14.3. The lowest BCUT2D eigenvalue weighted by atomic mass is 9.80. The van der Waals surface area contributed by atoms with Gasteiger partial charge in [0.2, 0.25) is 0 Å². The van der Waals surface area contributed by atoms with E-state index in [2.05, 4.69) is 9.97 Å². The number of fused-ring (bicyclic) bond motifs is 4. The number of thiophene rings is 1. The molecule has 3 heterocycles. The first-order chi connectivity index (χ1) is 13.8. The van der Waals surface area contributed by atoms with Crippen LogP contribution >= 0.6 is 11.3 Å². The minimum atomic E-state index is -4.61. The van der Waals surface area contributed by atoms with Crippen LogP contribution < -0.4 is 5.56 Å². The Bertz CT molecular complexity index is 1310. The average Bonchev–Trinajstić information content (AvgIpc) is 3.03. The van der Waals surface area contributed by atoms with Gasteiger partial charge >= 0.3 is 6.18 Å². The summed E-state index contributed by atoms with van der Waals surface area (Å²) in [5.74, 6) is -0.360. The van der Waals surface area contributed by atoms with E-state index in [9.17, 15) is 23.1 Å². The Hall–Kier alpha value is -2.87. The number of nitrogens with zero attached hydrogens (tertiary/aromatic N) is 1. The van der Waals surface area contributed by atoms with E-state index in [-0.39, 0.29) is 44.1 Å². The number of hydrogen-bond donors (Lipinski definition) is 2. The molecule has 8 heteroatoms. The molecule has 0 saturated heterocycles. The zero-order chi connectivity index (χ0) is 20.3. The van der Waals surface area contributed by atoms with Crippen molar-refractivity contribution in [2.75, 3.05) is 0 Å².